The molecule has 1 aromatic carbocycles. The van der Waals surface area contributed by atoms with E-state index >= 15 is 0 Å². The van der Waals surface area contributed by atoms with Crippen LogP contribution in [0.25, 0.3) is 0 Å². The van der Waals surface area contributed by atoms with Crippen LogP contribution in [-0.2, 0) is 6.18 Å². The third-order valence-corrected chi connectivity index (χ3v) is 4.00. The summed E-state index contributed by atoms with van der Waals surface area (Å²) >= 11 is 3.18. The lowest BCUT2D eigenvalue weighted by molar-refractivity contribution is -0.137. The lowest BCUT2D eigenvalue weighted by Crippen LogP contribution is -2.32. The Kier molecular flexibility index (Phi) is 7.52. The van der Waals surface area contributed by atoms with Gasteiger partial charge in [0.2, 0.25) is 0 Å². The van der Waals surface area contributed by atoms with Gasteiger partial charge in [0.1, 0.15) is 0 Å². The van der Waals surface area contributed by atoms with E-state index in [2.05, 4.69) is 15.9 Å². The maximum Gasteiger partial charge on any atom is 0.416 e. The fraction of sp³-hybridized carbons (Fsp3) is 0.538. The first-order valence-electron chi connectivity index (χ1n) is 5.98. The number of rotatable bonds is 4. The van der Waals surface area contributed by atoms with Crippen molar-refractivity contribution in [1.82, 2.24) is 0 Å². The SMILES string of the molecule is CCC(C)[C@@H](O)[C@@H](N)c1cc(C(F)(F)F)ccc1Br.Cl. The zero-order valence-electron chi connectivity index (χ0n) is 11.1. The Morgan fingerprint density at radius 2 is 1.90 bits per heavy atom. The minimum absolute atomic E-state index is 0. The smallest absolute Gasteiger partial charge is 0.391 e. The molecule has 0 aliphatic rings. The molecular formula is C13H18BrClF3NO. The van der Waals surface area contributed by atoms with Crippen LogP contribution < -0.4 is 5.73 Å². The number of alkyl halides is 3. The first kappa shape index (κ1) is 19.7. The molecule has 1 rings (SSSR count). The topological polar surface area (TPSA) is 46.2 Å². The van der Waals surface area contributed by atoms with E-state index in [0.29, 0.717) is 10.9 Å². The Labute approximate surface area is 131 Å². The second-order valence-electron chi connectivity index (χ2n) is 4.64. The lowest BCUT2D eigenvalue weighted by Gasteiger charge is -2.25. The van der Waals surface area contributed by atoms with Crippen LogP contribution in [-0.4, -0.2) is 11.2 Å². The Balaban J connectivity index is 0.00000361. The molecule has 0 fully saturated rings. The molecule has 1 unspecified atom stereocenters. The molecule has 0 aliphatic carbocycles. The highest BCUT2D eigenvalue weighted by atomic mass is 79.9. The first-order valence-corrected chi connectivity index (χ1v) is 6.78. The monoisotopic (exact) mass is 375 g/mol. The second kappa shape index (κ2) is 7.64. The summed E-state index contributed by atoms with van der Waals surface area (Å²) in [5.74, 6) is -0.0866. The fourth-order valence-electron chi connectivity index (χ4n) is 1.75. The van der Waals surface area contributed by atoms with Gasteiger partial charge in [-0.2, -0.15) is 13.2 Å². The molecule has 3 N–H and O–H groups in total. The van der Waals surface area contributed by atoms with Gasteiger partial charge in [0.25, 0.3) is 0 Å². The third kappa shape index (κ3) is 4.62. The molecule has 20 heavy (non-hydrogen) atoms. The van der Waals surface area contributed by atoms with E-state index in [4.69, 9.17) is 5.73 Å². The van der Waals surface area contributed by atoms with Gasteiger partial charge in [0.15, 0.2) is 0 Å². The van der Waals surface area contributed by atoms with E-state index in [0.717, 1.165) is 12.1 Å². The van der Waals surface area contributed by atoms with Gasteiger partial charge in [-0.25, -0.2) is 0 Å². The van der Waals surface area contributed by atoms with Crippen molar-refractivity contribution in [3.8, 4) is 0 Å². The van der Waals surface area contributed by atoms with Crippen molar-refractivity contribution in [2.75, 3.05) is 0 Å². The van der Waals surface area contributed by atoms with Crippen molar-refractivity contribution in [1.29, 1.82) is 0 Å². The van der Waals surface area contributed by atoms with Gasteiger partial charge in [-0.1, -0.05) is 36.2 Å². The first-order chi connectivity index (χ1) is 8.68. The molecule has 116 valence electrons. The van der Waals surface area contributed by atoms with Gasteiger partial charge in [-0.15, -0.1) is 12.4 Å². The van der Waals surface area contributed by atoms with E-state index < -0.39 is 23.9 Å². The normalized spacial score (nSPS) is 16.2. The molecule has 2 nitrogen and oxygen atoms in total. The summed E-state index contributed by atoms with van der Waals surface area (Å²) in [6.07, 6.45) is -4.60. The van der Waals surface area contributed by atoms with Crippen molar-refractivity contribution in [3.63, 3.8) is 0 Å². The summed E-state index contributed by atoms with van der Waals surface area (Å²) in [6, 6.07) is 2.42. The van der Waals surface area contributed by atoms with Gasteiger partial charge < -0.3 is 10.8 Å². The van der Waals surface area contributed by atoms with E-state index in [1.54, 1.807) is 0 Å². The van der Waals surface area contributed by atoms with Crippen LogP contribution in [0, 0.1) is 5.92 Å². The van der Waals surface area contributed by atoms with E-state index in [9.17, 15) is 18.3 Å². The Bertz CT molecular complexity index is 442. The average molecular weight is 377 g/mol. The van der Waals surface area contributed by atoms with Crippen molar-refractivity contribution in [2.24, 2.45) is 11.7 Å². The number of hydrogen-bond acceptors (Lipinski definition) is 2. The van der Waals surface area contributed by atoms with Gasteiger partial charge >= 0.3 is 6.18 Å². The van der Waals surface area contributed by atoms with Crippen molar-refractivity contribution in [3.05, 3.63) is 33.8 Å². The van der Waals surface area contributed by atoms with Gasteiger partial charge in [-0.05, 0) is 29.7 Å². The molecule has 0 radical (unpaired) electrons. The van der Waals surface area contributed by atoms with Crippen LogP contribution in [0.15, 0.2) is 22.7 Å². The molecular weight excluding hydrogens is 358 g/mol. The van der Waals surface area contributed by atoms with E-state index in [1.807, 2.05) is 13.8 Å². The van der Waals surface area contributed by atoms with Crippen molar-refractivity contribution >= 4 is 28.3 Å². The zero-order valence-corrected chi connectivity index (χ0v) is 13.5. The molecule has 0 aromatic heterocycles. The summed E-state index contributed by atoms with van der Waals surface area (Å²) in [6.45, 7) is 3.70. The van der Waals surface area contributed by atoms with E-state index in [-0.39, 0.29) is 23.9 Å². The number of benzene rings is 1. The Hall–Kier alpha value is -0.300. The molecule has 0 spiro atoms. The van der Waals surface area contributed by atoms with Crippen LogP contribution in [0.1, 0.15) is 37.4 Å². The fourth-order valence-corrected chi connectivity index (χ4v) is 2.27. The number of hydrogen-bond donors (Lipinski definition) is 2. The van der Waals surface area contributed by atoms with Crippen LogP contribution in [0.2, 0.25) is 0 Å². The largest absolute Gasteiger partial charge is 0.416 e. The van der Waals surface area contributed by atoms with Crippen molar-refractivity contribution in [2.45, 2.75) is 38.6 Å². The van der Waals surface area contributed by atoms with Crippen LogP contribution in [0.5, 0.6) is 0 Å². The minimum atomic E-state index is -4.42. The molecule has 0 bridgehead atoms. The molecule has 3 atom stereocenters. The molecule has 0 aliphatic heterocycles. The second-order valence-corrected chi connectivity index (χ2v) is 5.49. The minimum Gasteiger partial charge on any atom is -0.391 e. The standard InChI is InChI=1S/C13H17BrF3NO.ClH/c1-3-7(2)12(19)11(18)9-6-8(13(15,16)17)4-5-10(9)14;/h4-7,11-12,19H,3,18H2,1-2H3;1H/t7?,11-,12+;/m0./s1. The molecule has 0 saturated carbocycles. The van der Waals surface area contributed by atoms with Crippen LogP contribution in [0.4, 0.5) is 13.2 Å². The number of aliphatic hydroxyl groups excluding tert-OH is 1. The maximum atomic E-state index is 12.7. The van der Waals surface area contributed by atoms with Crippen LogP contribution >= 0.6 is 28.3 Å². The summed E-state index contributed by atoms with van der Waals surface area (Å²) in [4.78, 5) is 0. The Morgan fingerprint density at radius 1 is 1.35 bits per heavy atom. The lowest BCUT2D eigenvalue weighted by atomic mass is 9.91. The van der Waals surface area contributed by atoms with Gasteiger partial charge in [-0.3, -0.25) is 0 Å². The Morgan fingerprint density at radius 3 is 2.35 bits per heavy atom. The van der Waals surface area contributed by atoms with Gasteiger partial charge in [0.05, 0.1) is 17.7 Å². The van der Waals surface area contributed by atoms with Crippen LogP contribution in [0.3, 0.4) is 0 Å². The summed E-state index contributed by atoms with van der Waals surface area (Å²) in [7, 11) is 0. The van der Waals surface area contributed by atoms with Crippen molar-refractivity contribution < 1.29 is 18.3 Å². The summed E-state index contributed by atoms with van der Waals surface area (Å²) < 4.78 is 38.5. The molecule has 0 amide bonds. The summed E-state index contributed by atoms with van der Waals surface area (Å²) in [5.41, 5.74) is 5.38. The van der Waals surface area contributed by atoms with Gasteiger partial charge in [0, 0.05) is 4.47 Å². The molecule has 0 heterocycles. The highest BCUT2D eigenvalue weighted by molar-refractivity contribution is 9.10. The quantitative estimate of drug-likeness (QED) is 0.823. The molecule has 0 saturated heterocycles. The molecule has 1 aromatic rings. The van der Waals surface area contributed by atoms with E-state index in [1.165, 1.54) is 6.07 Å². The number of aliphatic hydroxyl groups is 1. The summed E-state index contributed by atoms with van der Waals surface area (Å²) in [5, 5.41) is 10.0. The predicted molar refractivity (Wildman–Crippen MR) is 78.8 cm³/mol. The molecule has 7 heteroatoms. The number of nitrogens with two attached hydrogens (primary N) is 1. The highest BCUT2D eigenvalue weighted by Crippen LogP contribution is 2.35. The predicted octanol–water partition coefficient (Wildman–Crippen LogP) is 4.30. The third-order valence-electron chi connectivity index (χ3n) is 3.28. The average Bonchev–Trinajstić information content (AvgIpc) is 2.35. The number of halogens is 5. The maximum absolute atomic E-state index is 12.7. The highest BCUT2D eigenvalue weighted by Gasteiger charge is 2.32. The zero-order chi connectivity index (χ0) is 14.8.